The molecule has 0 fully saturated rings. The molecule has 0 saturated heterocycles. The average Bonchev–Trinajstić information content (AvgIpc) is 3.53. The normalized spacial score (nSPS) is 11.7. The Bertz CT molecular complexity index is 1200. The van der Waals surface area contributed by atoms with E-state index < -0.39 is 0 Å². The summed E-state index contributed by atoms with van der Waals surface area (Å²) >= 11 is 0. The third-order valence-corrected chi connectivity index (χ3v) is 5.09. The van der Waals surface area contributed by atoms with Crippen molar-refractivity contribution in [2.24, 2.45) is 5.92 Å². The molecule has 10 heteroatoms. The zero-order chi connectivity index (χ0) is 23.0. The van der Waals surface area contributed by atoms with Gasteiger partial charge in [0.15, 0.2) is 0 Å². The first-order valence-electron chi connectivity index (χ1n) is 10.6. The van der Waals surface area contributed by atoms with Gasteiger partial charge in [-0.05, 0) is 36.6 Å². The number of hydrogen-bond donors (Lipinski definition) is 2. The minimum atomic E-state index is -0.119. The quantitative estimate of drug-likeness (QED) is 0.409. The van der Waals surface area contributed by atoms with Crippen LogP contribution in [0, 0.1) is 5.92 Å². The van der Waals surface area contributed by atoms with Crippen LogP contribution in [0.25, 0.3) is 11.4 Å². The molecule has 0 saturated carbocycles. The van der Waals surface area contributed by atoms with Crippen LogP contribution in [0.4, 0.5) is 11.4 Å². The summed E-state index contributed by atoms with van der Waals surface area (Å²) in [4.78, 5) is 25.1. The SMILES string of the molecule is CC(CCC(=O)Nc1ccccc1-n1ccnn1)CC(=O)Nc1ccccc1-n1ccnn1. The lowest BCUT2D eigenvalue weighted by atomic mass is 10.0. The van der Waals surface area contributed by atoms with Crippen molar-refractivity contribution in [3.63, 3.8) is 0 Å². The Balaban J connectivity index is 1.29. The van der Waals surface area contributed by atoms with Crippen LogP contribution in [-0.2, 0) is 9.59 Å². The van der Waals surface area contributed by atoms with Gasteiger partial charge < -0.3 is 10.6 Å². The number of nitrogens with one attached hydrogen (secondary N) is 2. The van der Waals surface area contributed by atoms with Gasteiger partial charge >= 0.3 is 0 Å². The van der Waals surface area contributed by atoms with Gasteiger partial charge in [0.2, 0.25) is 11.8 Å². The van der Waals surface area contributed by atoms with Gasteiger partial charge in [-0.2, -0.15) is 0 Å². The van der Waals surface area contributed by atoms with Gasteiger partial charge in [0, 0.05) is 12.8 Å². The number of amides is 2. The zero-order valence-corrected chi connectivity index (χ0v) is 18.1. The number of benzene rings is 2. The van der Waals surface area contributed by atoms with Gasteiger partial charge in [-0.15, -0.1) is 10.2 Å². The number of aromatic nitrogens is 6. The summed E-state index contributed by atoms with van der Waals surface area (Å²) in [5.74, 6) is -0.210. The molecule has 0 aliphatic heterocycles. The maximum Gasteiger partial charge on any atom is 0.224 e. The summed E-state index contributed by atoms with van der Waals surface area (Å²) in [6.45, 7) is 1.96. The van der Waals surface area contributed by atoms with Crippen molar-refractivity contribution in [2.45, 2.75) is 26.2 Å². The monoisotopic (exact) mass is 444 g/mol. The van der Waals surface area contributed by atoms with Gasteiger partial charge in [0.25, 0.3) is 0 Å². The standard InChI is InChI=1S/C23H24N8O2/c1-17(16-23(33)27-19-7-3-5-9-21(19)31-15-13-25-29-31)10-11-22(32)26-18-6-2-4-8-20(18)30-14-12-24-28-30/h2-9,12-15,17H,10-11,16H2,1H3,(H,26,32)(H,27,33). The number of nitrogens with zero attached hydrogens (tertiary/aromatic N) is 6. The number of anilines is 2. The molecular weight excluding hydrogens is 420 g/mol. The highest BCUT2D eigenvalue weighted by molar-refractivity contribution is 5.94. The molecule has 0 bridgehead atoms. The summed E-state index contributed by atoms with van der Waals surface area (Å²) in [6, 6.07) is 14.8. The summed E-state index contributed by atoms with van der Waals surface area (Å²) < 4.78 is 3.19. The van der Waals surface area contributed by atoms with E-state index in [4.69, 9.17) is 0 Å². The van der Waals surface area contributed by atoms with Crippen molar-refractivity contribution in [2.75, 3.05) is 10.6 Å². The van der Waals surface area contributed by atoms with Crippen molar-refractivity contribution < 1.29 is 9.59 Å². The second-order valence-electron chi connectivity index (χ2n) is 7.67. The minimum Gasteiger partial charge on any atom is -0.324 e. The first-order chi connectivity index (χ1) is 16.1. The van der Waals surface area contributed by atoms with Crippen molar-refractivity contribution in [1.29, 1.82) is 0 Å². The fourth-order valence-electron chi connectivity index (χ4n) is 3.44. The third-order valence-electron chi connectivity index (χ3n) is 5.09. The van der Waals surface area contributed by atoms with E-state index in [1.54, 1.807) is 34.2 Å². The van der Waals surface area contributed by atoms with Crippen molar-refractivity contribution in [1.82, 2.24) is 30.0 Å². The predicted molar refractivity (Wildman–Crippen MR) is 123 cm³/mol. The van der Waals surface area contributed by atoms with Crippen LogP contribution in [0.3, 0.4) is 0 Å². The fraction of sp³-hybridized carbons (Fsp3) is 0.217. The highest BCUT2D eigenvalue weighted by Crippen LogP contribution is 2.21. The largest absolute Gasteiger partial charge is 0.324 e. The summed E-state index contributed by atoms with van der Waals surface area (Å²) in [7, 11) is 0. The molecule has 2 amide bonds. The summed E-state index contributed by atoms with van der Waals surface area (Å²) in [6.07, 6.45) is 7.77. The minimum absolute atomic E-state index is 0.0276. The second-order valence-corrected chi connectivity index (χ2v) is 7.67. The number of carbonyl (C=O) groups is 2. The molecule has 0 aliphatic rings. The lowest BCUT2D eigenvalue weighted by molar-refractivity contribution is -0.118. The first kappa shape index (κ1) is 21.9. The van der Waals surface area contributed by atoms with E-state index >= 15 is 0 Å². The summed E-state index contributed by atoms with van der Waals surface area (Å²) in [5, 5.41) is 21.4. The Morgan fingerprint density at radius 3 is 1.85 bits per heavy atom. The average molecular weight is 444 g/mol. The van der Waals surface area contributed by atoms with Crippen LogP contribution >= 0.6 is 0 Å². The Kier molecular flexibility index (Phi) is 6.84. The van der Waals surface area contributed by atoms with Crippen molar-refractivity contribution >= 4 is 23.2 Å². The van der Waals surface area contributed by atoms with Gasteiger partial charge in [-0.25, -0.2) is 9.36 Å². The number of hydrogen-bond acceptors (Lipinski definition) is 6. The maximum absolute atomic E-state index is 12.6. The molecule has 4 rings (SSSR count). The van der Waals surface area contributed by atoms with Crippen LogP contribution in [-0.4, -0.2) is 41.8 Å². The van der Waals surface area contributed by atoms with E-state index in [2.05, 4.69) is 31.3 Å². The molecule has 2 aromatic heterocycles. The molecule has 0 aliphatic carbocycles. The Morgan fingerprint density at radius 2 is 1.33 bits per heavy atom. The van der Waals surface area contributed by atoms with E-state index in [0.29, 0.717) is 30.6 Å². The molecule has 2 heterocycles. The summed E-state index contributed by atoms with van der Waals surface area (Å²) in [5.41, 5.74) is 2.79. The molecule has 0 spiro atoms. The lowest BCUT2D eigenvalue weighted by Gasteiger charge is -2.14. The first-order valence-corrected chi connectivity index (χ1v) is 10.6. The van der Waals surface area contributed by atoms with Gasteiger partial charge in [-0.3, -0.25) is 9.59 Å². The molecule has 168 valence electrons. The van der Waals surface area contributed by atoms with Crippen molar-refractivity contribution in [3.05, 3.63) is 73.3 Å². The Labute approximate surface area is 190 Å². The van der Waals surface area contributed by atoms with Crippen molar-refractivity contribution in [3.8, 4) is 11.4 Å². The predicted octanol–water partition coefficient (Wildman–Crippen LogP) is 3.23. The van der Waals surface area contributed by atoms with Crippen LogP contribution in [0.15, 0.2) is 73.3 Å². The van der Waals surface area contributed by atoms with Gasteiger partial charge in [0.05, 0.1) is 47.5 Å². The number of carbonyl (C=O) groups excluding carboxylic acids is 2. The van der Waals surface area contributed by atoms with Gasteiger partial charge in [0.1, 0.15) is 0 Å². The maximum atomic E-state index is 12.6. The molecule has 2 aromatic carbocycles. The highest BCUT2D eigenvalue weighted by atomic mass is 16.2. The molecule has 1 atom stereocenters. The molecule has 2 N–H and O–H groups in total. The highest BCUT2D eigenvalue weighted by Gasteiger charge is 2.15. The van der Waals surface area contributed by atoms with E-state index in [1.165, 1.54) is 0 Å². The second kappa shape index (κ2) is 10.3. The number of rotatable bonds is 9. The Hall–Kier alpha value is -4.34. The van der Waals surface area contributed by atoms with E-state index in [0.717, 1.165) is 11.4 Å². The van der Waals surface area contributed by atoms with Gasteiger partial charge in [-0.1, -0.05) is 41.6 Å². The smallest absolute Gasteiger partial charge is 0.224 e. The molecule has 10 nitrogen and oxygen atoms in total. The van der Waals surface area contributed by atoms with E-state index in [9.17, 15) is 9.59 Å². The molecule has 33 heavy (non-hydrogen) atoms. The molecular formula is C23H24N8O2. The fourth-order valence-corrected chi connectivity index (χ4v) is 3.44. The van der Waals surface area contributed by atoms with Crippen LogP contribution in [0.5, 0.6) is 0 Å². The van der Waals surface area contributed by atoms with Crippen LogP contribution in [0.1, 0.15) is 26.2 Å². The van der Waals surface area contributed by atoms with E-state index in [-0.39, 0.29) is 17.7 Å². The lowest BCUT2D eigenvalue weighted by Crippen LogP contribution is -2.18. The molecule has 1 unspecified atom stereocenters. The third kappa shape index (κ3) is 5.67. The van der Waals surface area contributed by atoms with E-state index in [1.807, 2.05) is 55.5 Å². The molecule has 0 radical (unpaired) electrons. The zero-order valence-electron chi connectivity index (χ0n) is 18.1. The Morgan fingerprint density at radius 1 is 0.818 bits per heavy atom. The topological polar surface area (TPSA) is 120 Å². The van der Waals surface area contributed by atoms with Crippen LogP contribution < -0.4 is 10.6 Å². The van der Waals surface area contributed by atoms with Crippen LogP contribution in [0.2, 0.25) is 0 Å². The molecule has 4 aromatic rings. The number of para-hydroxylation sites is 4.